The zero-order valence-corrected chi connectivity index (χ0v) is 19.9. The predicted molar refractivity (Wildman–Crippen MR) is 125 cm³/mol. The predicted octanol–water partition coefficient (Wildman–Crippen LogP) is 3.41. The average molecular weight is 502 g/mol. The van der Waals surface area contributed by atoms with E-state index in [4.69, 9.17) is 4.74 Å². The zero-order chi connectivity index (χ0) is 19.6. The quantitative estimate of drug-likeness (QED) is 0.260. The fraction of sp³-hybridized carbons (Fsp3) is 0.619. The smallest absolute Gasteiger partial charge is 0.254 e. The largest absolute Gasteiger partial charge is 0.372 e. The van der Waals surface area contributed by atoms with Crippen molar-refractivity contribution in [2.45, 2.75) is 59.3 Å². The molecule has 0 radical (unpaired) electrons. The summed E-state index contributed by atoms with van der Waals surface area (Å²) in [5, 5.41) is 6.60. The summed E-state index contributed by atoms with van der Waals surface area (Å²) >= 11 is 0. The van der Waals surface area contributed by atoms with Gasteiger partial charge < -0.3 is 20.3 Å². The van der Waals surface area contributed by atoms with Crippen LogP contribution >= 0.6 is 24.0 Å². The maximum Gasteiger partial charge on any atom is 0.254 e. The highest BCUT2D eigenvalue weighted by atomic mass is 127. The van der Waals surface area contributed by atoms with Crippen LogP contribution in [0.25, 0.3) is 0 Å². The molecule has 2 atom stereocenters. The molecule has 158 valence electrons. The number of hydrogen-bond acceptors (Lipinski definition) is 3. The van der Waals surface area contributed by atoms with Crippen molar-refractivity contribution in [2.24, 2.45) is 4.99 Å². The second-order valence-electron chi connectivity index (χ2n) is 7.14. The monoisotopic (exact) mass is 502 g/mol. The van der Waals surface area contributed by atoms with Crippen LogP contribution < -0.4 is 10.6 Å². The molecular weight excluding hydrogens is 467 g/mol. The number of nitrogens with zero attached hydrogens (tertiary/aromatic N) is 2. The third kappa shape index (κ3) is 7.95. The molecule has 1 aromatic rings. The minimum Gasteiger partial charge on any atom is -0.372 e. The van der Waals surface area contributed by atoms with Crippen LogP contribution in [0.1, 0.15) is 56.5 Å². The lowest BCUT2D eigenvalue weighted by Gasteiger charge is -2.35. The molecule has 2 N–H and O–H groups in total. The summed E-state index contributed by atoms with van der Waals surface area (Å²) in [6.07, 6.45) is 2.44. The van der Waals surface area contributed by atoms with Gasteiger partial charge in [-0.25, -0.2) is 4.99 Å². The number of nitrogens with one attached hydrogen (secondary N) is 2. The number of halogens is 1. The van der Waals surface area contributed by atoms with Crippen molar-refractivity contribution in [1.82, 2.24) is 15.5 Å². The van der Waals surface area contributed by atoms with E-state index in [1.54, 1.807) is 0 Å². The van der Waals surface area contributed by atoms with E-state index in [0.717, 1.165) is 43.0 Å². The molecule has 7 heteroatoms. The number of carbonyl (C=O) groups is 1. The molecular formula is C21H35IN4O2. The summed E-state index contributed by atoms with van der Waals surface area (Å²) in [7, 11) is 0. The number of hydrogen-bond donors (Lipinski definition) is 2. The molecule has 0 aromatic heterocycles. The Bertz CT molecular complexity index is 611. The molecule has 1 aliphatic heterocycles. The van der Waals surface area contributed by atoms with Crippen LogP contribution in [0.2, 0.25) is 0 Å². The van der Waals surface area contributed by atoms with Gasteiger partial charge in [0.05, 0.1) is 18.8 Å². The highest BCUT2D eigenvalue weighted by Gasteiger charge is 2.26. The van der Waals surface area contributed by atoms with Gasteiger partial charge in [0, 0.05) is 31.7 Å². The van der Waals surface area contributed by atoms with Gasteiger partial charge in [-0.3, -0.25) is 4.79 Å². The van der Waals surface area contributed by atoms with Crippen LogP contribution in [-0.2, 0) is 11.3 Å². The molecule has 0 aliphatic carbocycles. The van der Waals surface area contributed by atoms with Gasteiger partial charge in [0.25, 0.3) is 5.91 Å². The minimum atomic E-state index is 0. The number of amides is 1. The molecule has 2 rings (SSSR count). The lowest BCUT2D eigenvalue weighted by molar-refractivity contribution is -0.0586. The number of morpholine rings is 1. The number of aliphatic imine (C=N–C) groups is 1. The first kappa shape index (κ1) is 24.7. The molecule has 1 aliphatic rings. The summed E-state index contributed by atoms with van der Waals surface area (Å²) in [4.78, 5) is 19.2. The van der Waals surface area contributed by atoms with Gasteiger partial charge in [-0.1, -0.05) is 25.5 Å². The van der Waals surface area contributed by atoms with Crippen molar-refractivity contribution in [3.05, 3.63) is 35.4 Å². The van der Waals surface area contributed by atoms with Crippen molar-refractivity contribution in [2.75, 3.05) is 26.2 Å². The van der Waals surface area contributed by atoms with Gasteiger partial charge in [-0.2, -0.15) is 0 Å². The van der Waals surface area contributed by atoms with Crippen molar-refractivity contribution < 1.29 is 9.53 Å². The Kier molecular flexibility index (Phi) is 11.4. The highest BCUT2D eigenvalue weighted by molar-refractivity contribution is 14.0. The van der Waals surface area contributed by atoms with Crippen molar-refractivity contribution in [1.29, 1.82) is 0 Å². The lowest BCUT2D eigenvalue weighted by atomic mass is 10.1. The minimum absolute atomic E-state index is 0. The van der Waals surface area contributed by atoms with E-state index >= 15 is 0 Å². The summed E-state index contributed by atoms with van der Waals surface area (Å²) in [6.45, 7) is 11.9. The molecule has 1 saturated heterocycles. The van der Waals surface area contributed by atoms with Gasteiger partial charge in [-0.05, 0) is 44.9 Å². The molecule has 1 amide bonds. The third-order valence-corrected chi connectivity index (χ3v) is 4.49. The van der Waals surface area contributed by atoms with Crippen molar-refractivity contribution >= 4 is 35.8 Å². The van der Waals surface area contributed by atoms with E-state index in [2.05, 4.69) is 29.5 Å². The highest BCUT2D eigenvalue weighted by Crippen LogP contribution is 2.15. The number of guanidine groups is 1. The summed E-state index contributed by atoms with van der Waals surface area (Å²) in [5.41, 5.74) is 1.81. The average Bonchev–Trinajstić information content (AvgIpc) is 2.65. The maximum absolute atomic E-state index is 12.7. The van der Waals surface area contributed by atoms with Crippen LogP contribution in [0.4, 0.5) is 0 Å². The Morgan fingerprint density at radius 3 is 2.36 bits per heavy atom. The first-order chi connectivity index (χ1) is 13.0. The number of ether oxygens (including phenoxy) is 1. The van der Waals surface area contributed by atoms with Crippen LogP contribution in [0.3, 0.4) is 0 Å². The Hall–Kier alpha value is -1.35. The fourth-order valence-corrected chi connectivity index (χ4v) is 3.17. The summed E-state index contributed by atoms with van der Waals surface area (Å²) in [6, 6.07) is 7.77. The van der Waals surface area contributed by atoms with Crippen molar-refractivity contribution in [3.8, 4) is 0 Å². The van der Waals surface area contributed by atoms with Gasteiger partial charge in [0.1, 0.15) is 0 Å². The Morgan fingerprint density at radius 1 is 1.14 bits per heavy atom. The first-order valence-electron chi connectivity index (χ1n) is 10.1. The Morgan fingerprint density at radius 2 is 1.79 bits per heavy atom. The molecule has 0 bridgehead atoms. The topological polar surface area (TPSA) is 66.0 Å². The van der Waals surface area contributed by atoms with E-state index in [1.807, 2.05) is 43.0 Å². The second kappa shape index (κ2) is 13.0. The normalized spacial score (nSPS) is 19.7. The fourth-order valence-electron chi connectivity index (χ4n) is 3.17. The summed E-state index contributed by atoms with van der Waals surface area (Å²) in [5.74, 6) is 0.906. The van der Waals surface area contributed by atoms with Gasteiger partial charge in [0.15, 0.2) is 5.96 Å². The Balaban J connectivity index is 0.00000392. The number of unbranched alkanes of at least 4 members (excludes halogenated alkanes) is 1. The maximum atomic E-state index is 12.7. The lowest BCUT2D eigenvalue weighted by Crippen LogP contribution is -2.48. The molecule has 0 spiro atoms. The second-order valence-corrected chi connectivity index (χ2v) is 7.14. The molecule has 0 saturated carbocycles. The van der Waals surface area contributed by atoms with Gasteiger partial charge >= 0.3 is 0 Å². The molecule has 2 unspecified atom stereocenters. The van der Waals surface area contributed by atoms with Crippen LogP contribution in [0.5, 0.6) is 0 Å². The van der Waals surface area contributed by atoms with Gasteiger partial charge in [0.2, 0.25) is 0 Å². The van der Waals surface area contributed by atoms with Crippen LogP contribution in [0.15, 0.2) is 29.3 Å². The van der Waals surface area contributed by atoms with Gasteiger partial charge in [-0.15, -0.1) is 24.0 Å². The standard InChI is InChI=1S/C21H34N4O2.HI/c1-5-7-12-23-21(22-6-2)24-13-18-8-10-19(11-9-18)20(26)25-14-16(3)27-17(4)15-25;/h8-11,16-17H,5-7,12-15H2,1-4H3,(H2,22,23,24);1H. The number of carbonyl (C=O) groups excluding carboxylic acids is 1. The first-order valence-corrected chi connectivity index (χ1v) is 10.1. The third-order valence-electron chi connectivity index (χ3n) is 4.49. The molecule has 1 fully saturated rings. The molecule has 28 heavy (non-hydrogen) atoms. The van der Waals surface area contributed by atoms with Crippen LogP contribution in [-0.4, -0.2) is 55.2 Å². The summed E-state index contributed by atoms with van der Waals surface area (Å²) < 4.78 is 5.71. The SMILES string of the molecule is CCCCNC(=NCc1ccc(C(=O)N2CC(C)OC(C)C2)cc1)NCC.I. The molecule has 1 heterocycles. The number of benzene rings is 1. The molecule has 1 aromatic carbocycles. The van der Waals surface area contributed by atoms with E-state index in [-0.39, 0.29) is 42.1 Å². The van der Waals surface area contributed by atoms with E-state index in [0.29, 0.717) is 19.6 Å². The van der Waals surface area contributed by atoms with E-state index in [9.17, 15) is 4.79 Å². The van der Waals surface area contributed by atoms with Crippen LogP contribution in [0, 0.1) is 0 Å². The Labute approximate surface area is 186 Å². The number of rotatable bonds is 7. The van der Waals surface area contributed by atoms with E-state index in [1.165, 1.54) is 0 Å². The zero-order valence-electron chi connectivity index (χ0n) is 17.5. The molecule has 6 nitrogen and oxygen atoms in total. The van der Waals surface area contributed by atoms with Crippen molar-refractivity contribution in [3.63, 3.8) is 0 Å². The van der Waals surface area contributed by atoms with E-state index < -0.39 is 0 Å².